The van der Waals surface area contributed by atoms with Gasteiger partial charge in [-0.2, -0.15) is 0 Å². The fourth-order valence-corrected chi connectivity index (χ4v) is 3.37. The summed E-state index contributed by atoms with van der Waals surface area (Å²) in [6.45, 7) is 5.96. The SMILES string of the molecule is Cc1ccc(-n2nnc(C(=O)NC3CCCC3(C)CO)c2C)cc1. The van der Waals surface area contributed by atoms with Crippen LogP contribution in [0.3, 0.4) is 0 Å². The molecule has 6 heteroatoms. The first-order chi connectivity index (χ1) is 11.4. The third-order valence-electron chi connectivity index (χ3n) is 5.14. The van der Waals surface area contributed by atoms with E-state index in [9.17, 15) is 9.90 Å². The molecule has 3 rings (SSSR count). The molecule has 0 saturated heterocycles. The fourth-order valence-electron chi connectivity index (χ4n) is 3.37. The van der Waals surface area contributed by atoms with Gasteiger partial charge in [0.2, 0.25) is 0 Å². The predicted octanol–water partition coefficient (Wildman–Crippen LogP) is 2.17. The van der Waals surface area contributed by atoms with Gasteiger partial charge in [0.1, 0.15) is 0 Å². The highest BCUT2D eigenvalue weighted by Gasteiger charge is 2.39. The van der Waals surface area contributed by atoms with Gasteiger partial charge < -0.3 is 10.4 Å². The standard InChI is InChI=1S/C18H24N4O2/c1-12-6-8-14(9-7-12)22-13(2)16(20-21-22)17(24)19-15-5-4-10-18(15,3)11-23/h6-9,15,23H,4-5,10-11H2,1-3H3,(H,19,24). The second kappa shape index (κ2) is 6.36. The Balaban J connectivity index is 1.80. The highest BCUT2D eigenvalue weighted by atomic mass is 16.3. The summed E-state index contributed by atoms with van der Waals surface area (Å²) in [5, 5.41) is 20.9. The topological polar surface area (TPSA) is 80.0 Å². The third kappa shape index (κ3) is 2.94. The molecule has 0 bridgehead atoms. The molecule has 1 aromatic carbocycles. The maximum Gasteiger partial charge on any atom is 0.274 e. The van der Waals surface area contributed by atoms with Gasteiger partial charge in [0.25, 0.3) is 5.91 Å². The van der Waals surface area contributed by atoms with Crippen LogP contribution in [0.4, 0.5) is 0 Å². The lowest BCUT2D eigenvalue weighted by molar-refractivity contribution is 0.0825. The van der Waals surface area contributed by atoms with E-state index in [2.05, 4.69) is 15.6 Å². The van der Waals surface area contributed by atoms with Gasteiger partial charge in [0.15, 0.2) is 5.69 Å². The molecule has 0 aliphatic heterocycles. The van der Waals surface area contributed by atoms with Crippen LogP contribution in [-0.2, 0) is 0 Å². The summed E-state index contributed by atoms with van der Waals surface area (Å²) >= 11 is 0. The van der Waals surface area contributed by atoms with Crippen LogP contribution in [0.5, 0.6) is 0 Å². The molecule has 2 atom stereocenters. The smallest absolute Gasteiger partial charge is 0.274 e. The number of aryl methyl sites for hydroxylation is 1. The van der Waals surface area contributed by atoms with E-state index in [0.717, 1.165) is 24.9 Å². The molecule has 2 unspecified atom stereocenters. The van der Waals surface area contributed by atoms with E-state index in [0.29, 0.717) is 11.4 Å². The van der Waals surface area contributed by atoms with Crippen molar-refractivity contribution in [2.45, 2.75) is 46.1 Å². The fraction of sp³-hybridized carbons (Fsp3) is 0.500. The average Bonchev–Trinajstić information content (AvgIpc) is 3.12. The lowest BCUT2D eigenvalue weighted by Crippen LogP contribution is -2.45. The molecule has 1 aromatic heterocycles. The van der Waals surface area contributed by atoms with E-state index in [4.69, 9.17) is 0 Å². The number of carbonyl (C=O) groups is 1. The number of amides is 1. The van der Waals surface area contributed by atoms with Crippen LogP contribution < -0.4 is 5.32 Å². The zero-order chi connectivity index (χ0) is 17.3. The maximum absolute atomic E-state index is 12.6. The third-order valence-corrected chi connectivity index (χ3v) is 5.14. The van der Waals surface area contributed by atoms with E-state index < -0.39 is 0 Å². The molecule has 1 aliphatic rings. The second-order valence-corrected chi connectivity index (χ2v) is 7.00. The number of carbonyl (C=O) groups excluding carboxylic acids is 1. The summed E-state index contributed by atoms with van der Waals surface area (Å²) in [6, 6.07) is 7.89. The zero-order valence-corrected chi connectivity index (χ0v) is 14.4. The second-order valence-electron chi connectivity index (χ2n) is 7.00. The van der Waals surface area contributed by atoms with Crippen molar-refractivity contribution in [3.63, 3.8) is 0 Å². The summed E-state index contributed by atoms with van der Waals surface area (Å²) in [7, 11) is 0. The van der Waals surface area contributed by atoms with Crippen molar-refractivity contribution in [2.24, 2.45) is 5.41 Å². The molecule has 1 aliphatic carbocycles. The number of hydrogen-bond acceptors (Lipinski definition) is 4. The zero-order valence-electron chi connectivity index (χ0n) is 14.4. The van der Waals surface area contributed by atoms with E-state index >= 15 is 0 Å². The van der Waals surface area contributed by atoms with Crippen molar-refractivity contribution >= 4 is 5.91 Å². The van der Waals surface area contributed by atoms with E-state index in [1.54, 1.807) is 4.68 Å². The molecule has 0 radical (unpaired) electrons. The Morgan fingerprint density at radius 1 is 1.38 bits per heavy atom. The normalized spacial score (nSPS) is 23.4. The van der Waals surface area contributed by atoms with Crippen molar-refractivity contribution < 1.29 is 9.90 Å². The van der Waals surface area contributed by atoms with Crippen LogP contribution in [0.1, 0.15) is 47.9 Å². The van der Waals surface area contributed by atoms with Gasteiger partial charge in [0.05, 0.1) is 18.0 Å². The average molecular weight is 328 g/mol. The first kappa shape index (κ1) is 16.6. The van der Waals surface area contributed by atoms with Crippen LogP contribution in [0.15, 0.2) is 24.3 Å². The van der Waals surface area contributed by atoms with Crippen molar-refractivity contribution in [1.29, 1.82) is 0 Å². The van der Waals surface area contributed by atoms with Crippen LogP contribution in [0, 0.1) is 19.3 Å². The molecule has 0 spiro atoms. The number of hydrogen-bond donors (Lipinski definition) is 2. The Bertz CT molecular complexity index is 738. The number of aliphatic hydroxyl groups excluding tert-OH is 1. The van der Waals surface area contributed by atoms with Crippen LogP contribution in [0.25, 0.3) is 5.69 Å². The van der Waals surface area contributed by atoms with Gasteiger partial charge in [-0.05, 0) is 38.8 Å². The minimum absolute atomic E-state index is 0.0288. The summed E-state index contributed by atoms with van der Waals surface area (Å²) in [5.41, 5.74) is 2.84. The van der Waals surface area contributed by atoms with Crippen molar-refractivity contribution in [3.8, 4) is 5.69 Å². The Hall–Kier alpha value is -2.21. The molecule has 128 valence electrons. The molecule has 1 heterocycles. The minimum Gasteiger partial charge on any atom is -0.396 e. The number of aromatic nitrogens is 3. The summed E-state index contributed by atoms with van der Waals surface area (Å²) in [4.78, 5) is 12.6. The monoisotopic (exact) mass is 328 g/mol. The highest BCUT2D eigenvalue weighted by molar-refractivity contribution is 5.93. The predicted molar refractivity (Wildman–Crippen MR) is 91.1 cm³/mol. The van der Waals surface area contributed by atoms with Crippen LogP contribution >= 0.6 is 0 Å². The molecule has 1 saturated carbocycles. The molecule has 24 heavy (non-hydrogen) atoms. The van der Waals surface area contributed by atoms with E-state index in [-0.39, 0.29) is 24.0 Å². The van der Waals surface area contributed by atoms with Gasteiger partial charge in [-0.1, -0.05) is 36.3 Å². The van der Waals surface area contributed by atoms with Crippen molar-refractivity contribution in [2.75, 3.05) is 6.61 Å². The van der Waals surface area contributed by atoms with Crippen LogP contribution in [-0.4, -0.2) is 38.7 Å². The lowest BCUT2D eigenvalue weighted by atomic mass is 9.86. The summed E-state index contributed by atoms with van der Waals surface area (Å²) < 4.78 is 1.67. The minimum atomic E-state index is -0.253. The number of nitrogens with one attached hydrogen (secondary N) is 1. The largest absolute Gasteiger partial charge is 0.396 e. The molecule has 1 fully saturated rings. The van der Waals surface area contributed by atoms with Gasteiger partial charge >= 0.3 is 0 Å². The molecule has 2 N–H and O–H groups in total. The molecular weight excluding hydrogens is 304 g/mol. The van der Waals surface area contributed by atoms with Crippen molar-refractivity contribution in [3.05, 3.63) is 41.2 Å². The number of rotatable bonds is 4. The van der Waals surface area contributed by atoms with E-state index in [1.807, 2.05) is 45.0 Å². The Morgan fingerprint density at radius 3 is 2.75 bits per heavy atom. The molecule has 6 nitrogen and oxygen atoms in total. The number of benzene rings is 1. The molecule has 1 amide bonds. The Morgan fingerprint density at radius 2 is 2.08 bits per heavy atom. The first-order valence-electron chi connectivity index (χ1n) is 8.36. The Labute approximate surface area is 141 Å². The number of aliphatic hydroxyl groups is 1. The lowest BCUT2D eigenvalue weighted by Gasteiger charge is -2.29. The van der Waals surface area contributed by atoms with E-state index in [1.165, 1.54) is 5.56 Å². The van der Waals surface area contributed by atoms with Gasteiger partial charge in [-0.25, -0.2) is 4.68 Å². The summed E-state index contributed by atoms with van der Waals surface area (Å²) in [6.07, 6.45) is 2.81. The van der Waals surface area contributed by atoms with Gasteiger partial charge in [-0.15, -0.1) is 5.10 Å². The quantitative estimate of drug-likeness (QED) is 0.901. The number of nitrogens with zero attached hydrogens (tertiary/aromatic N) is 3. The highest BCUT2D eigenvalue weighted by Crippen LogP contribution is 2.37. The summed E-state index contributed by atoms with van der Waals surface area (Å²) in [5.74, 6) is -0.225. The maximum atomic E-state index is 12.6. The molecular formula is C18H24N4O2. The van der Waals surface area contributed by atoms with Gasteiger partial charge in [-0.3, -0.25) is 4.79 Å². The van der Waals surface area contributed by atoms with Crippen LogP contribution in [0.2, 0.25) is 0 Å². The van der Waals surface area contributed by atoms with Gasteiger partial charge in [0, 0.05) is 11.5 Å². The first-order valence-corrected chi connectivity index (χ1v) is 8.36. The Kier molecular flexibility index (Phi) is 4.41. The van der Waals surface area contributed by atoms with Crippen molar-refractivity contribution in [1.82, 2.24) is 20.3 Å². The molecule has 2 aromatic rings.